The molecule has 0 unspecified atom stereocenters. The summed E-state index contributed by atoms with van der Waals surface area (Å²) < 4.78 is 1.34. The van der Waals surface area contributed by atoms with Gasteiger partial charge in [-0.2, -0.15) is 0 Å². The molecule has 2 amide bonds. The third-order valence-corrected chi connectivity index (χ3v) is 5.00. The molecule has 1 heterocycles. The molecule has 1 aromatic heterocycles. The second-order valence-electron chi connectivity index (χ2n) is 6.92. The van der Waals surface area contributed by atoms with Gasteiger partial charge >= 0.3 is 0 Å². The van der Waals surface area contributed by atoms with Crippen molar-refractivity contribution < 1.29 is 14.7 Å². The highest BCUT2D eigenvalue weighted by Gasteiger charge is 2.42. The van der Waals surface area contributed by atoms with Crippen molar-refractivity contribution >= 4 is 11.8 Å². The molecule has 2 atom stereocenters. The number of carbonyl (C=O) groups excluding carboxylic acids is 2. The SMILES string of the molecule is CN(C(=O)c1cc(C(N)=O)cn(Cc2ccccc2)c1=O)[C@@H]1C[C@H]1CCO. The van der Waals surface area contributed by atoms with Crippen LogP contribution in [-0.2, 0) is 6.54 Å². The molecule has 3 rings (SSSR count). The van der Waals surface area contributed by atoms with E-state index in [2.05, 4.69) is 0 Å². The first-order valence-electron chi connectivity index (χ1n) is 8.88. The van der Waals surface area contributed by atoms with E-state index in [9.17, 15) is 14.4 Å². The van der Waals surface area contributed by atoms with E-state index in [-0.39, 0.29) is 36.2 Å². The van der Waals surface area contributed by atoms with Crippen molar-refractivity contribution in [2.24, 2.45) is 11.7 Å². The van der Waals surface area contributed by atoms with E-state index in [1.165, 1.54) is 21.7 Å². The lowest BCUT2D eigenvalue weighted by molar-refractivity contribution is 0.0772. The third-order valence-electron chi connectivity index (χ3n) is 5.00. The smallest absolute Gasteiger partial charge is 0.263 e. The number of amides is 2. The summed E-state index contributed by atoms with van der Waals surface area (Å²) in [4.78, 5) is 39.0. The van der Waals surface area contributed by atoms with Gasteiger partial charge in [0.2, 0.25) is 5.91 Å². The molecule has 142 valence electrons. The molecule has 1 aliphatic carbocycles. The molecule has 7 heteroatoms. The zero-order valence-corrected chi connectivity index (χ0v) is 15.2. The van der Waals surface area contributed by atoms with Crippen LogP contribution in [0.15, 0.2) is 47.4 Å². The van der Waals surface area contributed by atoms with Gasteiger partial charge in [-0.1, -0.05) is 30.3 Å². The molecule has 1 fully saturated rings. The van der Waals surface area contributed by atoms with Crippen molar-refractivity contribution in [2.75, 3.05) is 13.7 Å². The van der Waals surface area contributed by atoms with E-state index in [1.54, 1.807) is 7.05 Å². The molecule has 0 spiro atoms. The second-order valence-corrected chi connectivity index (χ2v) is 6.92. The molecular weight excluding hydrogens is 346 g/mol. The first-order chi connectivity index (χ1) is 12.9. The first kappa shape index (κ1) is 18.8. The maximum absolute atomic E-state index is 12.9. The number of nitrogens with two attached hydrogens (primary N) is 1. The number of nitrogens with zero attached hydrogens (tertiary/aromatic N) is 2. The lowest BCUT2D eigenvalue weighted by Crippen LogP contribution is -2.37. The number of hydrogen-bond donors (Lipinski definition) is 2. The quantitative estimate of drug-likeness (QED) is 0.754. The van der Waals surface area contributed by atoms with Crippen LogP contribution < -0.4 is 11.3 Å². The van der Waals surface area contributed by atoms with Crippen LogP contribution in [0.4, 0.5) is 0 Å². The zero-order valence-electron chi connectivity index (χ0n) is 15.2. The molecule has 1 aromatic carbocycles. The van der Waals surface area contributed by atoms with Crippen molar-refractivity contribution in [3.8, 4) is 0 Å². The summed E-state index contributed by atoms with van der Waals surface area (Å²) >= 11 is 0. The fourth-order valence-electron chi connectivity index (χ4n) is 3.34. The van der Waals surface area contributed by atoms with Gasteiger partial charge in [0.1, 0.15) is 5.56 Å². The molecule has 27 heavy (non-hydrogen) atoms. The van der Waals surface area contributed by atoms with E-state index in [4.69, 9.17) is 10.8 Å². The Morgan fingerprint density at radius 3 is 2.63 bits per heavy atom. The maximum atomic E-state index is 12.9. The largest absolute Gasteiger partial charge is 0.396 e. The van der Waals surface area contributed by atoms with Crippen LogP contribution in [0.1, 0.15) is 39.1 Å². The van der Waals surface area contributed by atoms with Crippen LogP contribution in [0.3, 0.4) is 0 Å². The Balaban J connectivity index is 1.93. The van der Waals surface area contributed by atoms with E-state index < -0.39 is 17.4 Å². The van der Waals surface area contributed by atoms with Crippen molar-refractivity contribution in [1.82, 2.24) is 9.47 Å². The number of aliphatic hydroxyl groups is 1. The average molecular weight is 369 g/mol. The second kappa shape index (κ2) is 7.75. The molecule has 0 radical (unpaired) electrons. The highest BCUT2D eigenvalue weighted by atomic mass is 16.3. The van der Waals surface area contributed by atoms with E-state index in [1.807, 2.05) is 30.3 Å². The number of aromatic nitrogens is 1. The van der Waals surface area contributed by atoms with Gasteiger partial charge in [0.05, 0.1) is 12.1 Å². The number of primary amides is 1. The Kier molecular flexibility index (Phi) is 5.41. The summed E-state index contributed by atoms with van der Waals surface area (Å²) in [6, 6.07) is 10.6. The number of rotatable bonds is 7. The van der Waals surface area contributed by atoms with Gasteiger partial charge in [0.25, 0.3) is 11.5 Å². The lowest BCUT2D eigenvalue weighted by Gasteiger charge is -2.18. The van der Waals surface area contributed by atoms with E-state index in [0.717, 1.165) is 12.0 Å². The van der Waals surface area contributed by atoms with Crippen LogP contribution in [0, 0.1) is 5.92 Å². The summed E-state index contributed by atoms with van der Waals surface area (Å²) in [5.74, 6) is -0.886. The summed E-state index contributed by atoms with van der Waals surface area (Å²) in [5.41, 5.74) is 5.86. The molecule has 0 bridgehead atoms. The first-order valence-corrected chi connectivity index (χ1v) is 8.88. The predicted octanol–water partition coefficient (Wildman–Crippen LogP) is 0.838. The van der Waals surface area contributed by atoms with Gasteiger partial charge in [0.15, 0.2) is 0 Å². The Labute approximate surface area is 157 Å². The van der Waals surface area contributed by atoms with Gasteiger partial charge in [-0.3, -0.25) is 14.4 Å². The Hall–Kier alpha value is -2.93. The fourth-order valence-corrected chi connectivity index (χ4v) is 3.34. The van der Waals surface area contributed by atoms with Crippen LogP contribution >= 0.6 is 0 Å². The molecule has 7 nitrogen and oxygen atoms in total. The average Bonchev–Trinajstić information content (AvgIpc) is 3.42. The van der Waals surface area contributed by atoms with E-state index >= 15 is 0 Å². The van der Waals surface area contributed by atoms with Gasteiger partial charge in [-0.15, -0.1) is 0 Å². The Bertz CT molecular complexity index is 907. The normalized spacial score (nSPS) is 18.1. The minimum absolute atomic E-state index is 0.00357. The monoisotopic (exact) mass is 369 g/mol. The summed E-state index contributed by atoms with van der Waals surface area (Å²) in [5, 5.41) is 9.04. The van der Waals surface area contributed by atoms with Crippen LogP contribution in [-0.4, -0.2) is 46.1 Å². The number of pyridine rings is 1. The van der Waals surface area contributed by atoms with Crippen molar-refractivity contribution in [3.05, 3.63) is 69.6 Å². The van der Waals surface area contributed by atoms with Crippen molar-refractivity contribution in [1.29, 1.82) is 0 Å². The Morgan fingerprint density at radius 1 is 1.30 bits per heavy atom. The van der Waals surface area contributed by atoms with Crippen LogP contribution in [0.25, 0.3) is 0 Å². The molecule has 0 aliphatic heterocycles. The third kappa shape index (κ3) is 4.09. The summed E-state index contributed by atoms with van der Waals surface area (Å²) in [6.45, 7) is 0.311. The minimum atomic E-state index is -0.696. The fraction of sp³-hybridized carbons (Fsp3) is 0.350. The molecular formula is C20H23N3O4. The number of benzene rings is 1. The van der Waals surface area contributed by atoms with Gasteiger partial charge in [-0.25, -0.2) is 0 Å². The molecule has 0 saturated heterocycles. The highest BCUT2D eigenvalue weighted by Crippen LogP contribution is 2.37. The van der Waals surface area contributed by atoms with Crippen molar-refractivity contribution in [2.45, 2.75) is 25.4 Å². The maximum Gasteiger partial charge on any atom is 0.263 e. The number of carbonyl (C=O) groups is 2. The minimum Gasteiger partial charge on any atom is -0.396 e. The molecule has 1 saturated carbocycles. The number of aliphatic hydroxyl groups excluding tert-OH is 1. The predicted molar refractivity (Wildman–Crippen MR) is 100 cm³/mol. The van der Waals surface area contributed by atoms with E-state index in [0.29, 0.717) is 6.42 Å². The van der Waals surface area contributed by atoms with Crippen molar-refractivity contribution in [3.63, 3.8) is 0 Å². The molecule has 1 aliphatic rings. The standard InChI is InChI=1S/C20H23N3O4/c1-22(17-10-14(17)7-8-24)19(26)16-9-15(18(21)25)12-23(20(16)27)11-13-5-3-2-4-6-13/h2-6,9,12,14,17,24H,7-8,10-11H2,1H3,(H2,21,25)/t14-,17-/m1/s1. The molecule has 2 aromatic rings. The topological polar surface area (TPSA) is 106 Å². The lowest BCUT2D eigenvalue weighted by atomic mass is 10.1. The summed E-state index contributed by atoms with van der Waals surface area (Å²) in [6.07, 6.45) is 2.82. The van der Waals surface area contributed by atoms with Crippen LogP contribution in [0.5, 0.6) is 0 Å². The summed E-state index contributed by atoms with van der Waals surface area (Å²) in [7, 11) is 1.64. The van der Waals surface area contributed by atoms with Gasteiger partial charge < -0.3 is 20.3 Å². The zero-order chi connectivity index (χ0) is 19.6. The van der Waals surface area contributed by atoms with Gasteiger partial charge in [0, 0.05) is 25.9 Å². The Morgan fingerprint density at radius 2 is 2.00 bits per heavy atom. The van der Waals surface area contributed by atoms with Gasteiger partial charge in [-0.05, 0) is 30.4 Å². The molecule has 3 N–H and O–H groups in total. The highest BCUT2D eigenvalue weighted by molar-refractivity contribution is 5.98. The van der Waals surface area contributed by atoms with Crippen LogP contribution in [0.2, 0.25) is 0 Å². The number of hydrogen-bond acceptors (Lipinski definition) is 4.